The molecule has 2 aromatic rings. The van der Waals surface area contributed by atoms with Gasteiger partial charge in [0, 0.05) is 18.4 Å². The molecule has 20 heavy (non-hydrogen) atoms. The number of aryl methyl sites for hydroxylation is 3. The number of fused-ring (bicyclic) bond motifs is 1. The lowest BCUT2D eigenvalue weighted by Crippen LogP contribution is -2.14. The van der Waals surface area contributed by atoms with Crippen LogP contribution >= 0.6 is 15.9 Å². The van der Waals surface area contributed by atoms with Crippen LogP contribution in [0.1, 0.15) is 35.0 Å². The molecule has 1 amide bonds. The molecule has 0 spiro atoms. The summed E-state index contributed by atoms with van der Waals surface area (Å²) in [5.41, 5.74) is 4.02. The van der Waals surface area contributed by atoms with Crippen LogP contribution in [0.5, 0.6) is 0 Å². The predicted molar refractivity (Wildman–Crippen MR) is 82.0 cm³/mol. The van der Waals surface area contributed by atoms with Crippen LogP contribution in [0.15, 0.2) is 28.9 Å². The van der Waals surface area contributed by atoms with Crippen LogP contribution in [-0.4, -0.2) is 15.7 Å². The van der Waals surface area contributed by atoms with E-state index in [9.17, 15) is 4.79 Å². The number of hydrogen-bond donors (Lipinski definition) is 1. The van der Waals surface area contributed by atoms with Crippen molar-refractivity contribution in [2.45, 2.75) is 32.7 Å². The van der Waals surface area contributed by atoms with Gasteiger partial charge in [-0.3, -0.25) is 9.48 Å². The number of anilines is 1. The second-order valence-corrected chi connectivity index (χ2v) is 5.83. The Morgan fingerprint density at radius 3 is 2.95 bits per heavy atom. The number of aromatic nitrogens is 2. The number of nitrogens with one attached hydrogen (secondary N) is 1. The summed E-state index contributed by atoms with van der Waals surface area (Å²) in [4.78, 5) is 12.2. The monoisotopic (exact) mass is 333 g/mol. The number of benzene rings is 1. The van der Waals surface area contributed by atoms with Gasteiger partial charge in [0.15, 0.2) is 5.69 Å². The molecule has 0 bridgehead atoms. The maximum atomic E-state index is 12.2. The molecule has 4 nitrogen and oxygen atoms in total. The van der Waals surface area contributed by atoms with Gasteiger partial charge < -0.3 is 5.32 Å². The SMILES string of the molecule is CCn1cc(Br)c(C(=O)Nc2ccc3c(c2)CCC3)n1. The largest absolute Gasteiger partial charge is 0.321 e. The summed E-state index contributed by atoms with van der Waals surface area (Å²) >= 11 is 3.38. The van der Waals surface area contributed by atoms with E-state index in [1.54, 1.807) is 4.68 Å². The Balaban J connectivity index is 1.80. The van der Waals surface area contributed by atoms with E-state index in [2.05, 4.69) is 38.5 Å². The third-order valence-corrected chi connectivity index (χ3v) is 4.19. The standard InChI is InChI=1S/C15H16BrN3O/c1-2-19-9-13(16)14(18-19)15(20)17-12-7-6-10-4-3-5-11(10)8-12/h6-9H,2-5H2,1H3,(H,17,20). The Morgan fingerprint density at radius 1 is 1.40 bits per heavy atom. The molecule has 0 saturated heterocycles. The van der Waals surface area contributed by atoms with E-state index in [0.29, 0.717) is 5.69 Å². The number of amides is 1. The first-order valence-electron chi connectivity index (χ1n) is 6.83. The number of carbonyl (C=O) groups is 1. The zero-order valence-electron chi connectivity index (χ0n) is 11.3. The third kappa shape index (κ3) is 2.50. The van der Waals surface area contributed by atoms with Crippen molar-refractivity contribution >= 4 is 27.5 Å². The maximum Gasteiger partial charge on any atom is 0.277 e. The molecular weight excluding hydrogens is 318 g/mol. The van der Waals surface area contributed by atoms with Gasteiger partial charge in [-0.2, -0.15) is 5.10 Å². The lowest BCUT2D eigenvalue weighted by atomic mass is 10.1. The lowest BCUT2D eigenvalue weighted by Gasteiger charge is -2.06. The first kappa shape index (κ1) is 13.4. The number of carbonyl (C=O) groups excluding carboxylic acids is 1. The second kappa shape index (κ2) is 5.40. The van der Waals surface area contributed by atoms with Crippen molar-refractivity contribution in [1.82, 2.24) is 9.78 Å². The van der Waals surface area contributed by atoms with Gasteiger partial charge in [0.25, 0.3) is 5.91 Å². The van der Waals surface area contributed by atoms with Crippen molar-refractivity contribution in [2.24, 2.45) is 0 Å². The van der Waals surface area contributed by atoms with Gasteiger partial charge in [-0.05, 0) is 65.4 Å². The highest BCUT2D eigenvalue weighted by Crippen LogP contribution is 2.25. The lowest BCUT2D eigenvalue weighted by molar-refractivity contribution is 0.102. The molecule has 1 N–H and O–H groups in total. The third-order valence-electron chi connectivity index (χ3n) is 3.61. The van der Waals surface area contributed by atoms with Gasteiger partial charge >= 0.3 is 0 Å². The molecule has 1 heterocycles. The zero-order valence-corrected chi connectivity index (χ0v) is 12.9. The molecule has 0 aliphatic heterocycles. The van der Waals surface area contributed by atoms with Crippen LogP contribution in [0, 0.1) is 0 Å². The maximum absolute atomic E-state index is 12.2. The summed E-state index contributed by atoms with van der Waals surface area (Å²) in [6, 6.07) is 6.15. The van der Waals surface area contributed by atoms with Crippen molar-refractivity contribution < 1.29 is 4.79 Å². The topological polar surface area (TPSA) is 46.9 Å². The molecule has 0 atom stereocenters. The van der Waals surface area contributed by atoms with Crippen molar-refractivity contribution in [3.63, 3.8) is 0 Å². The summed E-state index contributed by atoms with van der Waals surface area (Å²) < 4.78 is 2.46. The second-order valence-electron chi connectivity index (χ2n) is 4.97. The summed E-state index contributed by atoms with van der Waals surface area (Å²) in [6.45, 7) is 2.73. The summed E-state index contributed by atoms with van der Waals surface area (Å²) in [5.74, 6) is -0.179. The Bertz CT molecular complexity index is 663. The highest BCUT2D eigenvalue weighted by atomic mass is 79.9. The van der Waals surface area contributed by atoms with Crippen LogP contribution in [-0.2, 0) is 19.4 Å². The summed E-state index contributed by atoms with van der Waals surface area (Å²) in [7, 11) is 0. The molecule has 1 aromatic heterocycles. The van der Waals surface area contributed by atoms with E-state index >= 15 is 0 Å². The summed E-state index contributed by atoms with van der Waals surface area (Å²) in [6.07, 6.45) is 5.28. The molecule has 0 unspecified atom stereocenters. The quantitative estimate of drug-likeness (QED) is 0.935. The average Bonchev–Trinajstić information content (AvgIpc) is 3.04. The number of rotatable bonds is 3. The van der Waals surface area contributed by atoms with E-state index in [4.69, 9.17) is 0 Å². The van der Waals surface area contributed by atoms with E-state index in [1.807, 2.05) is 19.2 Å². The van der Waals surface area contributed by atoms with Gasteiger partial charge in [-0.25, -0.2) is 0 Å². The van der Waals surface area contributed by atoms with Crippen LogP contribution in [0.25, 0.3) is 0 Å². The average molecular weight is 334 g/mol. The fourth-order valence-electron chi connectivity index (χ4n) is 2.55. The van der Waals surface area contributed by atoms with Gasteiger partial charge in [0.1, 0.15) is 0 Å². The molecule has 3 rings (SSSR count). The molecule has 104 valence electrons. The molecule has 0 fully saturated rings. The minimum absolute atomic E-state index is 0.179. The van der Waals surface area contributed by atoms with Crippen molar-refractivity contribution in [2.75, 3.05) is 5.32 Å². The first-order chi connectivity index (χ1) is 9.67. The van der Waals surface area contributed by atoms with Gasteiger partial charge in [0.2, 0.25) is 0 Å². The van der Waals surface area contributed by atoms with Crippen LogP contribution < -0.4 is 5.32 Å². The van der Waals surface area contributed by atoms with Crippen molar-refractivity contribution in [3.05, 3.63) is 45.7 Å². The summed E-state index contributed by atoms with van der Waals surface area (Å²) in [5, 5.41) is 7.18. The molecule has 1 aromatic carbocycles. The Labute approximate surface area is 126 Å². The van der Waals surface area contributed by atoms with E-state index in [0.717, 1.165) is 29.5 Å². The first-order valence-corrected chi connectivity index (χ1v) is 7.63. The number of hydrogen-bond acceptors (Lipinski definition) is 2. The van der Waals surface area contributed by atoms with Crippen molar-refractivity contribution in [3.8, 4) is 0 Å². The van der Waals surface area contributed by atoms with E-state index in [1.165, 1.54) is 17.5 Å². The van der Waals surface area contributed by atoms with E-state index < -0.39 is 0 Å². The minimum atomic E-state index is -0.179. The normalized spacial score (nSPS) is 13.3. The molecular formula is C15H16BrN3O. The Kier molecular flexibility index (Phi) is 3.61. The highest BCUT2D eigenvalue weighted by molar-refractivity contribution is 9.10. The van der Waals surface area contributed by atoms with Gasteiger partial charge in [-0.15, -0.1) is 0 Å². The van der Waals surface area contributed by atoms with E-state index in [-0.39, 0.29) is 5.91 Å². The predicted octanol–water partition coefficient (Wildman–Crippen LogP) is 3.41. The van der Waals surface area contributed by atoms with Crippen LogP contribution in [0.4, 0.5) is 5.69 Å². The Morgan fingerprint density at radius 2 is 2.20 bits per heavy atom. The minimum Gasteiger partial charge on any atom is -0.321 e. The number of halogens is 1. The molecule has 0 radical (unpaired) electrons. The highest BCUT2D eigenvalue weighted by Gasteiger charge is 2.16. The fourth-order valence-corrected chi connectivity index (χ4v) is 3.05. The van der Waals surface area contributed by atoms with Crippen molar-refractivity contribution in [1.29, 1.82) is 0 Å². The van der Waals surface area contributed by atoms with Crippen LogP contribution in [0.2, 0.25) is 0 Å². The fraction of sp³-hybridized carbons (Fsp3) is 0.333. The van der Waals surface area contributed by atoms with Gasteiger partial charge in [0.05, 0.1) is 4.47 Å². The number of nitrogens with zero attached hydrogens (tertiary/aromatic N) is 2. The van der Waals surface area contributed by atoms with Crippen LogP contribution in [0.3, 0.4) is 0 Å². The Hall–Kier alpha value is -1.62. The zero-order chi connectivity index (χ0) is 14.1. The smallest absolute Gasteiger partial charge is 0.277 e. The molecule has 5 heteroatoms. The molecule has 1 aliphatic carbocycles. The molecule has 0 saturated carbocycles. The molecule has 1 aliphatic rings. The van der Waals surface area contributed by atoms with Gasteiger partial charge in [-0.1, -0.05) is 6.07 Å².